The summed E-state index contributed by atoms with van der Waals surface area (Å²) in [5.41, 5.74) is 0.219. The molecule has 3 rings (SSSR count). The van der Waals surface area contributed by atoms with Crippen molar-refractivity contribution in [3.63, 3.8) is 0 Å². The average molecular weight is 539 g/mol. The van der Waals surface area contributed by atoms with Gasteiger partial charge in [0.05, 0.1) is 22.2 Å². The van der Waals surface area contributed by atoms with Gasteiger partial charge in [-0.3, -0.25) is 19.0 Å². The van der Waals surface area contributed by atoms with E-state index in [0.29, 0.717) is 5.56 Å². The highest BCUT2D eigenvalue weighted by Gasteiger charge is 2.26. The zero-order chi connectivity index (χ0) is 26.1. The number of aliphatic carboxylic acids is 1. The van der Waals surface area contributed by atoms with Gasteiger partial charge in [-0.05, 0) is 28.7 Å². The predicted octanol–water partition coefficient (Wildman–Crippen LogP) is 4.74. The van der Waals surface area contributed by atoms with Crippen LogP contribution in [0.4, 0.5) is 0 Å². The second-order valence-electron chi connectivity index (χ2n) is 8.79. The number of aromatic hydroxyl groups is 1. The molecule has 3 N–H and O–H groups in total. The zero-order valence-electron chi connectivity index (χ0n) is 19.0. The van der Waals surface area contributed by atoms with Crippen LogP contribution in [0, 0.1) is 0 Å². The van der Waals surface area contributed by atoms with E-state index >= 15 is 0 Å². The number of carboxylic acids is 1. The molecule has 0 saturated carbocycles. The minimum Gasteiger partial charge on any atom is -0.493 e. The van der Waals surface area contributed by atoms with Crippen molar-refractivity contribution in [2.24, 2.45) is 0 Å². The van der Waals surface area contributed by atoms with Gasteiger partial charge in [0.25, 0.3) is 11.5 Å². The van der Waals surface area contributed by atoms with Gasteiger partial charge >= 0.3 is 5.97 Å². The predicted molar refractivity (Wildman–Crippen MR) is 135 cm³/mol. The van der Waals surface area contributed by atoms with Crippen molar-refractivity contribution in [1.82, 2.24) is 14.9 Å². The Balaban J connectivity index is 2.22. The van der Waals surface area contributed by atoms with Crippen LogP contribution in [0.15, 0.2) is 41.2 Å². The fourth-order valence-electron chi connectivity index (χ4n) is 3.37. The molecule has 1 aromatic heterocycles. The molecule has 0 aliphatic rings. The molecule has 11 heteroatoms. The standard InChI is InChI=1S/C24H22Cl3N3O5/c1-24(2,3)13-6-4-12(5-7-13)11-30-20(18-15(26)8-14(25)9-16(18)27)29-22(34)19(23(30)35)21(33)28-10-17(31)32/h4-9,34H,10-11H2,1-3H3,(H,28,33)(H,31,32). The Morgan fingerprint density at radius 3 is 2.14 bits per heavy atom. The Morgan fingerprint density at radius 2 is 1.63 bits per heavy atom. The molecular weight excluding hydrogens is 517 g/mol. The van der Waals surface area contributed by atoms with Crippen LogP contribution in [0.25, 0.3) is 11.4 Å². The lowest BCUT2D eigenvalue weighted by atomic mass is 9.87. The number of nitrogens with zero attached hydrogens (tertiary/aromatic N) is 2. The normalized spacial score (nSPS) is 11.4. The molecule has 3 aromatic rings. The summed E-state index contributed by atoms with van der Waals surface area (Å²) in [4.78, 5) is 40.8. The Kier molecular flexibility index (Phi) is 7.79. The first-order valence-corrected chi connectivity index (χ1v) is 11.5. The van der Waals surface area contributed by atoms with E-state index in [4.69, 9.17) is 39.9 Å². The molecule has 2 aromatic carbocycles. The maximum absolute atomic E-state index is 13.4. The Labute approximate surface area is 216 Å². The summed E-state index contributed by atoms with van der Waals surface area (Å²) < 4.78 is 1.14. The van der Waals surface area contributed by atoms with Crippen molar-refractivity contribution in [3.8, 4) is 17.3 Å². The molecule has 0 aliphatic heterocycles. The van der Waals surface area contributed by atoms with Crippen molar-refractivity contribution in [2.75, 3.05) is 6.54 Å². The van der Waals surface area contributed by atoms with Gasteiger partial charge in [-0.1, -0.05) is 79.8 Å². The number of rotatable bonds is 6. The lowest BCUT2D eigenvalue weighted by Gasteiger charge is -2.20. The van der Waals surface area contributed by atoms with Crippen molar-refractivity contribution < 1.29 is 19.8 Å². The molecule has 8 nitrogen and oxygen atoms in total. The Bertz CT molecular complexity index is 1340. The lowest BCUT2D eigenvalue weighted by molar-refractivity contribution is -0.135. The summed E-state index contributed by atoms with van der Waals surface area (Å²) in [6, 6.07) is 10.3. The van der Waals surface area contributed by atoms with Gasteiger partial charge < -0.3 is 15.5 Å². The van der Waals surface area contributed by atoms with E-state index in [1.807, 2.05) is 24.3 Å². The number of aromatic nitrogens is 2. The van der Waals surface area contributed by atoms with Crippen LogP contribution in [0.2, 0.25) is 15.1 Å². The number of halogens is 3. The SMILES string of the molecule is CC(C)(C)c1ccc(Cn2c(-c3c(Cl)cc(Cl)cc3Cl)nc(O)c(C(=O)NCC(=O)O)c2=O)cc1. The van der Waals surface area contributed by atoms with Crippen LogP contribution in [-0.2, 0) is 16.8 Å². The van der Waals surface area contributed by atoms with E-state index < -0.39 is 35.4 Å². The fraction of sp³-hybridized carbons (Fsp3) is 0.250. The maximum atomic E-state index is 13.4. The number of carboxylic acid groups (broad SMARTS) is 1. The van der Waals surface area contributed by atoms with Gasteiger partial charge in [0, 0.05) is 5.02 Å². The molecular formula is C24H22Cl3N3O5. The number of benzene rings is 2. The number of amides is 1. The van der Waals surface area contributed by atoms with Gasteiger partial charge in [-0.15, -0.1) is 0 Å². The molecule has 0 aliphatic carbocycles. The van der Waals surface area contributed by atoms with Crippen LogP contribution >= 0.6 is 34.8 Å². The smallest absolute Gasteiger partial charge is 0.322 e. The number of hydrogen-bond acceptors (Lipinski definition) is 5. The molecule has 184 valence electrons. The third kappa shape index (κ3) is 5.96. The number of carbonyl (C=O) groups excluding carboxylic acids is 1. The second kappa shape index (κ2) is 10.3. The number of hydrogen-bond donors (Lipinski definition) is 3. The van der Waals surface area contributed by atoms with E-state index in [1.165, 1.54) is 12.1 Å². The molecule has 0 fully saturated rings. The summed E-state index contributed by atoms with van der Waals surface area (Å²) in [5.74, 6) is -3.39. The third-order valence-electron chi connectivity index (χ3n) is 5.17. The van der Waals surface area contributed by atoms with Gasteiger partial charge in [0.15, 0.2) is 5.56 Å². The van der Waals surface area contributed by atoms with Gasteiger partial charge in [0.1, 0.15) is 12.4 Å². The first-order valence-electron chi connectivity index (χ1n) is 10.4. The van der Waals surface area contributed by atoms with Gasteiger partial charge in [-0.25, -0.2) is 0 Å². The molecule has 0 atom stereocenters. The summed E-state index contributed by atoms with van der Waals surface area (Å²) in [6.07, 6.45) is 0. The van der Waals surface area contributed by atoms with E-state index in [-0.39, 0.29) is 38.4 Å². The first-order chi connectivity index (χ1) is 16.3. The third-order valence-corrected chi connectivity index (χ3v) is 5.98. The molecule has 0 saturated heterocycles. The van der Waals surface area contributed by atoms with E-state index in [1.54, 1.807) is 0 Å². The summed E-state index contributed by atoms with van der Waals surface area (Å²) >= 11 is 18.7. The van der Waals surface area contributed by atoms with Crippen molar-refractivity contribution in [3.05, 3.63) is 78.5 Å². The highest BCUT2D eigenvalue weighted by molar-refractivity contribution is 6.41. The second-order valence-corrected chi connectivity index (χ2v) is 10.0. The van der Waals surface area contributed by atoms with Gasteiger partial charge in [0.2, 0.25) is 5.88 Å². The minimum absolute atomic E-state index is 0.0413. The monoisotopic (exact) mass is 537 g/mol. The number of nitrogens with one attached hydrogen (secondary N) is 1. The highest BCUT2D eigenvalue weighted by Crippen LogP contribution is 2.37. The topological polar surface area (TPSA) is 122 Å². The van der Waals surface area contributed by atoms with Gasteiger partial charge in [-0.2, -0.15) is 4.98 Å². The molecule has 35 heavy (non-hydrogen) atoms. The molecule has 1 amide bonds. The molecule has 0 bridgehead atoms. The molecule has 0 spiro atoms. The van der Waals surface area contributed by atoms with Crippen LogP contribution < -0.4 is 10.9 Å². The van der Waals surface area contributed by atoms with Crippen LogP contribution in [0.3, 0.4) is 0 Å². The average Bonchev–Trinajstić information content (AvgIpc) is 2.73. The highest BCUT2D eigenvalue weighted by atomic mass is 35.5. The van der Waals surface area contributed by atoms with Crippen molar-refractivity contribution in [2.45, 2.75) is 32.7 Å². The van der Waals surface area contributed by atoms with Crippen molar-refractivity contribution >= 4 is 46.7 Å². The van der Waals surface area contributed by atoms with Crippen LogP contribution in [0.5, 0.6) is 5.88 Å². The Morgan fingerprint density at radius 1 is 1.06 bits per heavy atom. The molecule has 0 unspecified atom stereocenters. The van der Waals surface area contributed by atoms with E-state index in [9.17, 15) is 19.5 Å². The van der Waals surface area contributed by atoms with Crippen molar-refractivity contribution in [1.29, 1.82) is 0 Å². The summed E-state index contributed by atoms with van der Waals surface area (Å²) in [6.45, 7) is 5.42. The summed E-state index contributed by atoms with van der Waals surface area (Å²) in [7, 11) is 0. The Hall–Kier alpha value is -3.07. The molecule has 1 heterocycles. The van der Waals surface area contributed by atoms with E-state index in [0.717, 1.165) is 10.1 Å². The summed E-state index contributed by atoms with van der Waals surface area (Å²) in [5, 5.41) is 21.8. The minimum atomic E-state index is -1.32. The van der Waals surface area contributed by atoms with Crippen LogP contribution in [-0.4, -0.2) is 38.2 Å². The molecule has 0 radical (unpaired) electrons. The first kappa shape index (κ1) is 26.5. The largest absolute Gasteiger partial charge is 0.493 e. The quantitative estimate of drug-likeness (QED) is 0.417. The lowest BCUT2D eigenvalue weighted by Crippen LogP contribution is -2.37. The fourth-order valence-corrected chi connectivity index (χ4v) is 4.36. The van der Waals surface area contributed by atoms with Crippen LogP contribution in [0.1, 0.15) is 42.3 Å². The maximum Gasteiger partial charge on any atom is 0.322 e. The number of carbonyl (C=O) groups is 2. The van der Waals surface area contributed by atoms with E-state index in [2.05, 4.69) is 31.1 Å². The zero-order valence-corrected chi connectivity index (χ0v) is 21.3.